The quantitative estimate of drug-likeness (QED) is 0.144. The van der Waals surface area contributed by atoms with Crippen molar-refractivity contribution < 1.29 is 0 Å². The first-order valence-electron chi connectivity index (χ1n) is 23.4. The van der Waals surface area contributed by atoms with Crippen LogP contribution in [0.25, 0.3) is 122 Å². The zero-order valence-electron chi connectivity index (χ0n) is 37.3. The number of hydrogen-bond acceptors (Lipinski definition) is 0. The largest absolute Gasteiger partial charge is 0.309 e. The summed E-state index contributed by atoms with van der Waals surface area (Å²) in [7, 11) is 0. The second kappa shape index (κ2) is 16.5. The average Bonchev–Trinajstić information content (AvgIpc) is 3.94. The van der Waals surface area contributed by atoms with Gasteiger partial charge in [-0.25, -0.2) is 0 Å². The summed E-state index contributed by atoms with van der Waals surface area (Å²) in [6.45, 7) is 0. The van der Waals surface area contributed by atoms with Crippen molar-refractivity contribution in [2.24, 2.45) is 0 Å². The molecule has 0 saturated heterocycles. The maximum Gasteiger partial charge on any atom is 0.0632 e. The van der Waals surface area contributed by atoms with E-state index in [1.165, 1.54) is 105 Å². The Balaban J connectivity index is 1.14. The van der Waals surface area contributed by atoms with Crippen LogP contribution in [0.4, 0.5) is 0 Å². The third-order valence-corrected chi connectivity index (χ3v) is 13.7. The third kappa shape index (κ3) is 6.49. The Bertz CT molecular complexity index is 3960. The number of benzene rings is 11. The molecule has 0 saturated carbocycles. The monoisotopic (exact) mass is 864 g/mol. The molecule has 0 spiro atoms. The summed E-state index contributed by atoms with van der Waals surface area (Å²) in [5, 5.41) is 4.89. The van der Waals surface area contributed by atoms with E-state index in [0.717, 1.165) is 16.9 Å². The highest BCUT2D eigenvalue weighted by molar-refractivity contribution is 6.27. The van der Waals surface area contributed by atoms with Crippen molar-refractivity contribution in [2.75, 3.05) is 0 Å². The Labute approximate surface area is 395 Å². The second-order valence-electron chi connectivity index (χ2n) is 17.6. The lowest BCUT2D eigenvalue weighted by Crippen LogP contribution is -2.00. The predicted octanol–water partition coefficient (Wildman–Crippen LogP) is 17.9. The highest BCUT2D eigenvalue weighted by Crippen LogP contribution is 2.54. The van der Waals surface area contributed by atoms with Crippen molar-refractivity contribution >= 4 is 43.6 Å². The summed E-state index contributed by atoms with van der Waals surface area (Å²) in [4.78, 5) is 0. The molecule has 0 aliphatic rings. The Morgan fingerprint density at radius 2 is 0.603 bits per heavy atom. The van der Waals surface area contributed by atoms with Crippen LogP contribution < -0.4 is 0 Å². The Hall–Kier alpha value is -8.98. The van der Waals surface area contributed by atoms with Gasteiger partial charge < -0.3 is 9.13 Å². The fourth-order valence-electron chi connectivity index (χ4n) is 10.8. The van der Waals surface area contributed by atoms with Gasteiger partial charge in [-0.15, -0.1) is 0 Å². The van der Waals surface area contributed by atoms with Crippen LogP contribution in [0.3, 0.4) is 0 Å². The smallest absolute Gasteiger partial charge is 0.0632 e. The van der Waals surface area contributed by atoms with Gasteiger partial charge in [-0.2, -0.15) is 0 Å². The van der Waals surface area contributed by atoms with Crippen molar-refractivity contribution in [3.63, 3.8) is 0 Å². The van der Waals surface area contributed by atoms with Gasteiger partial charge in [0.2, 0.25) is 0 Å². The molecule has 0 aliphatic heterocycles. The lowest BCUT2D eigenvalue weighted by molar-refractivity contribution is 1.18. The van der Waals surface area contributed by atoms with Gasteiger partial charge in [0.15, 0.2) is 0 Å². The Kier molecular flexibility index (Phi) is 9.54. The van der Waals surface area contributed by atoms with E-state index in [9.17, 15) is 0 Å². The van der Waals surface area contributed by atoms with E-state index in [4.69, 9.17) is 0 Å². The first-order valence-corrected chi connectivity index (χ1v) is 23.4. The highest BCUT2D eigenvalue weighted by Gasteiger charge is 2.29. The van der Waals surface area contributed by atoms with Crippen molar-refractivity contribution in [1.29, 1.82) is 0 Å². The van der Waals surface area contributed by atoms with Crippen LogP contribution in [0.1, 0.15) is 0 Å². The van der Waals surface area contributed by atoms with Crippen LogP contribution in [0.15, 0.2) is 267 Å². The van der Waals surface area contributed by atoms with Crippen molar-refractivity contribution in [3.05, 3.63) is 267 Å². The minimum absolute atomic E-state index is 1.12. The van der Waals surface area contributed by atoms with E-state index in [-0.39, 0.29) is 0 Å². The molecule has 0 radical (unpaired) electrons. The number of fused-ring (bicyclic) bond motifs is 6. The van der Waals surface area contributed by atoms with E-state index in [1.54, 1.807) is 0 Å². The van der Waals surface area contributed by atoms with Crippen molar-refractivity contribution in [1.82, 2.24) is 9.13 Å². The van der Waals surface area contributed by atoms with Gasteiger partial charge in [0.05, 0.1) is 22.1 Å². The normalized spacial score (nSPS) is 11.5. The molecule has 11 aromatic carbocycles. The molecular weight excluding hydrogens is 821 g/mol. The SMILES string of the molecule is c1ccc(-c2cccc(-n3c4ccccc4c4cc(-c5ccc6c(c5)c5c(-c7ccccc7)c(-c7ccccc7)c(-c7ccccc7)c(-c7ccccc7)c5n6-c5ccccc5)ccc43)c2)cc1. The van der Waals surface area contributed by atoms with Gasteiger partial charge in [-0.05, 0) is 105 Å². The van der Waals surface area contributed by atoms with Gasteiger partial charge in [0.25, 0.3) is 0 Å². The van der Waals surface area contributed by atoms with E-state index >= 15 is 0 Å². The number of hydrogen-bond donors (Lipinski definition) is 0. The van der Waals surface area contributed by atoms with Gasteiger partial charge in [0.1, 0.15) is 0 Å². The van der Waals surface area contributed by atoms with Crippen LogP contribution in [0.5, 0.6) is 0 Å². The molecule has 0 bridgehead atoms. The van der Waals surface area contributed by atoms with Gasteiger partial charge in [0, 0.05) is 49.6 Å². The average molecular weight is 865 g/mol. The molecule has 2 heteroatoms. The lowest BCUT2D eigenvalue weighted by atomic mass is 9.80. The predicted molar refractivity (Wildman–Crippen MR) is 288 cm³/mol. The highest BCUT2D eigenvalue weighted by atomic mass is 15.0. The van der Waals surface area contributed by atoms with Crippen LogP contribution in [0.2, 0.25) is 0 Å². The molecule has 13 aromatic rings. The summed E-state index contributed by atoms with van der Waals surface area (Å²) in [6, 6.07) is 97.5. The fourth-order valence-corrected chi connectivity index (χ4v) is 10.8. The van der Waals surface area contributed by atoms with E-state index in [1.807, 2.05) is 0 Å². The molecule has 13 rings (SSSR count). The number of aromatic nitrogens is 2. The first kappa shape index (κ1) is 39.4. The zero-order chi connectivity index (χ0) is 45.0. The second-order valence-corrected chi connectivity index (χ2v) is 17.6. The summed E-state index contributed by atoms with van der Waals surface area (Å²) in [5.74, 6) is 0. The standard InChI is InChI=1S/C66H44N2/c1-7-22-45(23-8-1)50-32-21-35-54(42-50)67-58-37-20-19-36-55(58)56-43-51(38-40-59(56)67)52-39-41-60-57(44-52)65-63(48-28-13-4-14-29-48)61(46-24-9-2-10-25-46)62(47-26-11-3-12-27-47)64(49-30-15-5-16-31-49)66(65)68(60)53-33-17-6-18-34-53/h1-44H. The molecule has 318 valence electrons. The maximum absolute atomic E-state index is 2.52. The van der Waals surface area contributed by atoms with Crippen LogP contribution in [0, 0.1) is 0 Å². The molecule has 2 aromatic heterocycles. The molecule has 0 N–H and O–H groups in total. The molecule has 0 fully saturated rings. The molecule has 0 aliphatic carbocycles. The molecule has 2 heterocycles. The molecule has 0 atom stereocenters. The minimum Gasteiger partial charge on any atom is -0.309 e. The van der Waals surface area contributed by atoms with E-state index in [2.05, 4.69) is 276 Å². The van der Waals surface area contributed by atoms with E-state index < -0.39 is 0 Å². The lowest BCUT2D eigenvalue weighted by Gasteiger charge is -2.24. The number of nitrogens with zero attached hydrogens (tertiary/aromatic N) is 2. The van der Waals surface area contributed by atoms with Gasteiger partial charge in [-0.1, -0.05) is 212 Å². The van der Waals surface area contributed by atoms with Crippen LogP contribution in [-0.4, -0.2) is 9.13 Å². The summed E-state index contributed by atoms with van der Waals surface area (Å²) < 4.78 is 4.94. The fraction of sp³-hybridized carbons (Fsp3) is 0. The number of rotatable bonds is 8. The Morgan fingerprint density at radius 3 is 1.19 bits per heavy atom. The molecule has 2 nitrogen and oxygen atoms in total. The third-order valence-electron chi connectivity index (χ3n) is 13.7. The minimum atomic E-state index is 1.12. The van der Waals surface area contributed by atoms with Crippen LogP contribution in [-0.2, 0) is 0 Å². The summed E-state index contributed by atoms with van der Waals surface area (Å²) in [5.41, 5.74) is 21.3. The van der Waals surface area contributed by atoms with E-state index in [0.29, 0.717) is 0 Å². The summed E-state index contributed by atoms with van der Waals surface area (Å²) in [6.07, 6.45) is 0. The molecular formula is C66H44N2. The van der Waals surface area contributed by atoms with Gasteiger partial charge in [-0.3, -0.25) is 0 Å². The maximum atomic E-state index is 2.52. The zero-order valence-corrected chi connectivity index (χ0v) is 37.3. The van der Waals surface area contributed by atoms with Crippen molar-refractivity contribution in [2.45, 2.75) is 0 Å². The van der Waals surface area contributed by atoms with Crippen LogP contribution >= 0.6 is 0 Å². The molecule has 0 unspecified atom stereocenters. The topological polar surface area (TPSA) is 9.86 Å². The van der Waals surface area contributed by atoms with Crippen molar-refractivity contribution in [3.8, 4) is 78.1 Å². The van der Waals surface area contributed by atoms with Gasteiger partial charge >= 0.3 is 0 Å². The molecule has 68 heavy (non-hydrogen) atoms. The Morgan fingerprint density at radius 1 is 0.206 bits per heavy atom. The molecule has 0 amide bonds. The first-order chi connectivity index (χ1) is 33.8. The number of para-hydroxylation sites is 2. The summed E-state index contributed by atoms with van der Waals surface area (Å²) >= 11 is 0.